The average molecular weight is 263 g/mol. The van der Waals surface area contributed by atoms with Crippen molar-refractivity contribution in [2.45, 2.75) is 51.7 Å². The van der Waals surface area contributed by atoms with E-state index in [0.717, 1.165) is 12.2 Å². The van der Waals surface area contributed by atoms with Gasteiger partial charge in [-0.25, -0.2) is 4.98 Å². The molecule has 3 N–H and O–H groups in total. The number of hydrogen-bond acceptors (Lipinski definition) is 4. The number of nitrogens with two attached hydrogens (primary N) is 1. The summed E-state index contributed by atoms with van der Waals surface area (Å²) in [7, 11) is 0. The summed E-state index contributed by atoms with van der Waals surface area (Å²) in [5, 5.41) is 3.59. The summed E-state index contributed by atoms with van der Waals surface area (Å²) in [6.07, 6.45) is 6.86. The van der Waals surface area contributed by atoms with E-state index in [1.165, 1.54) is 25.7 Å². The minimum atomic E-state index is 0.132. The second kappa shape index (κ2) is 6.75. The third-order valence-electron chi connectivity index (χ3n) is 3.67. The molecule has 0 aromatic carbocycles. The summed E-state index contributed by atoms with van der Waals surface area (Å²) in [6, 6.07) is 4.42. The van der Waals surface area contributed by atoms with Crippen molar-refractivity contribution in [1.29, 1.82) is 0 Å². The van der Waals surface area contributed by atoms with Gasteiger partial charge in [-0.05, 0) is 51.3 Å². The number of nitrogens with zero attached hydrogens (tertiary/aromatic N) is 1. The van der Waals surface area contributed by atoms with Gasteiger partial charge in [0.05, 0.1) is 11.8 Å². The van der Waals surface area contributed by atoms with Crippen LogP contribution in [0.25, 0.3) is 0 Å². The number of rotatable bonds is 5. The highest BCUT2D eigenvalue weighted by Gasteiger charge is 2.24. The van der Waals surface area contributed by atoms with Crippen molar-refractivity contribution in [3.63, 3.8) is 0 Å². The minimum absolute atomic E-state index is 0.132. The van der Waals surface area contributed by atoms with Crippen molar-refractivity contribution < 1.29 is 4.74 Å². The van der Waals surface area contributed by atoms with E-state index in [9.17, 15) is 0 Å². The molecule has 2 rings (SSSR count). The fourth-order valence-electron chi connectivity index (χ4n) is 2.70. The van der Waals surface area contributed by atoms with Gasteiger partial charge in [-0.1, -0.05) is 12.8 Å². The van der Waals surface area contributed by atoms with Crippen molar-refractivity contribution in [3.8, 4) is 5.88 Å². The number of pyridine rings is 1. The third kappa shape index (κ3) is 3.83. The second-order valence-electron chi connectivity index (χ2n) is 5.55. The quantitative estimate of drug-likeness (QED) is 0.857. The Bertz CT molecular complexity index is 395. The first kappa shape index (κ1) is 14.1. The van der Waals surface area contributed by atoms with Crippen LogP contribution in [0.1, 0.15) is 39.5 Å². The number of nitrogens with one attached hydrogen (secondary N) is 1. The molecule has 0 bridgehead atoms. The van der Waals surface area contributed by atoms with Gasteiger partial charge in [0, 0.05) is 12.2 Å². The van der Waals surface area contributed by atoms with Gasteiger partial charge in [0.2, 0.25) is 5.88 Å². The smallest absolute Gasteiger partial charge is 0.237 e. The largest absolute Gasteiger partial charge is 0.473 e. The van der Waals surface area contributed by atoms with E-state index >= 15 is 0 Å². The molecular formula is C15H25N3O. The first-order valence-corrected chi connectivity index (χ1v) is 7.29. The molecule has 1 heterocycles. The Hall–Kier alpha value is -1.29. The maximum absolute atomic E-state index is 5.88. The molecule has 19 heavy (non-hydrogen) atoms. The summed E-state index contributed by atoms with van der Waals surface area (Å²) in [5.41, 5.74) is 6.87. The van der Waals surface area contributed by atoms with E-state index in [0.29, 0.717) is 17.8 Å². The van der Waals surface area contributed by atoms with E-state index in [2.05, 4.69) is 10.3 Å². The lowest BCUT2D eigenvalue weighted by Crippen LogP contribution is -2.36. The van der Waals surface area contributed by atoms with Gasteiger partial charge in [-0.2, -0.15) is 0 Å². The first-order chi connectivity index (χ1) is 9.20. The summed E-state index contributed by atoms with van der Waals surface area (Å²) < 4.78 is 5.75. The van der Waals surface area contributed by atoms with Crippen LogP contribution in [-0.4, -0.2) is 23.7 Å². The van der Waals surface area contributed by atoms with Crippen LogP contribution in [-0.2, 0) is 0 Å². The Labute approximate surface area is 115 Å². The predicted octanol–water partition coefficient (Wildman–Crippen LogP) is 2.80. The maximum atomic E-state index is 5.88. The number of ether oxygens (including phenoxy) is 1. The van der Waals surface area contributed by atoms with E-state index < -0.39 is 0 Å². The van der Waals surface area contributed by atoms with Gasteiger partial charge >= 0.3 is 0 Å². The van der Waals surface area contributed by atoms with Crippen LogP contribution in [0.5, 0.6) is 5.88 Å². The zero-order valence-corrected chi connectivity index (χ0v) is 11.9. The highest BCUT2D eigenvalue weighted by molar-refractivity contribution is 5.53. The van der Waals surface area contributed by atoms with E-state index in [1.807, 2.05) is 26.0 Å². The Morgan fingerprint density at radius 2 is 2.21 bits per heavy atom. The molecule has 106 valence electrons. The molecule has 4 heteroatoms. The fourth-order valence-corrected chi connectivity index (χ4v) is 2.70. The summed E-state index contributed by atoms with van der Waals surface area (Å²) >= 11 is 0. The molecule has 1 aromatic rings. The van der Waals surface area contributed by atoms with Crippen LogP contribution >= 0.6 is 0 Å². The van der Waals surface area contributed by atoms with Crippen LogP contribution < -0.4 is 15.8 Å². The van der Waals surface area contributed by atoms with Crippen molar-refractivity contribution in [1.82, 2.24) is 4.98 Å². The van der Waals surface area contributed by atoms with Gasteiger partial charge < -0.3 is 15.8 Å². The molecule has 2 unspecified atom stereocenters. The average Bonchev–Trinajstić information content (AvgIpc) is 2.41. The van der Waals surface area contributed by atoms with Crippen molar-refractivity contribution in [3.05, 3.63) is 18.3 Å². The monoisotopic (exact) mass is 263 g/mol. The van der Waals surface area contributed by atoms with Crippen molar-refractivity contribution in [2.24, 2.45) is 11.7 Å². The summed E-state index contributed by atoms with van der Waals surface area (Å²) in [6.45, 7) is 4.78. The standard InChI is InChI=1S/C15H25N3O/c1-11(2)19-15-14(8-5-9-17-15)18-13-7-4-3-6-12(13)10-16/h5,8-9,11-13,18H,3-4,6-7,10,16H2,1-2H3. The lowest BCUT2D eigenvalue weighted by atomic mass is 9.84. The van der Waals surface area contributed by atoms with Gasteiger partial charge in [-0.15, -0.1) is 0 Å². The van der Waals surface area contributed by atoms with Crippen LogP contribution in [0.3, 0.4) is 0 Å². The molecule has 2 atom stereocenters. The Morgan fingerprint density at radius 3 is 2.95 bits per heavy atom. The van der Waals surface area contributed by atoms with E-state index in [4.69, 9.17) is 10.5 Å². The van der Waals surface area contributed by atoms with Gasteiger partial charge in [-0.3, -0.25) is 0 Å². The molecule has 1 aliphatic carbocycles. The molecule has 4 nitrogen and oxygen atoms in total. The minimum Gasteiger partial charge on any atom is -0.473 e. The molecule has 0 aliphatic heterocycles. The maximum Gasteiger partial charge on any atom is 0.237 e. The van der Waals surface area contributed by atoms with Gasteiger partial charge in [0.15, 0.2) is 0 Å². The summed E-state index contributed by atoms with van der Waals surface area (Å²) in [4.78, 5) is 4.32. The predicted molar refractivity (Wildman–Crippen MR) is 78.4 cm³/mol. The molecule has 1 saturated carbocycles. The molecule has 0 spiro atoms. The first-order valence-electron chi connectivity index (χ1n) is 7.29. The third-order valence-corrected chi connectivity index (χ3v) is 3.67. The highest BCUT2D eigenvalue weighted by Crippen LogP contribution is 2.29. The molecule has 1 aliphatic rings. The zero-order valence-electron chi connectivity index (χ0n) is 11.9. The molecule has 0 saturated heterocycles. The van der Waals surface area contributed by atoms with E-state index in [1.54, 1.807) is 6.20 Å². The van der Waals surface area contributed by atoms with Gasteiger partial charge in [0.1, 0.15) is 0 Å². The van der Waals surface area contributed by atoms with Crippen LogP contribution in [0.2, 0.25) is 0 Å². The Balaban J connectivity index is 2.08. The lowest BCUT2D eigenvalue weighted by Gasteiger charge is -2.32. The fraction of sp³-hybridized carbons (Fsp3) is 0.667. The molecule has 0 radical (unpaired) electrons. The Morgan fingerprint density at radius 1 is 1.42 bits per heavy atom. The number of anilines is 1. The molecule has 0 amide bonds. The normalized spacial score (nSPS) is 23.4. The summed E-state index contributed by atoms with van der Waals surface area (Å²) in [5.74, 6) is 1.25. The Kier molecular flexibility index (Phi) is 5.02. The highest BCUT2D eigenvalue weighted by atomic mass is 16.5. The van der Waals surface area contributed by atoms with Crippen LogP contribution in [0, 0.1) is 5.92 Å². The van der Waals surface area contributed by atoms with Crippen LogP contribution in [0.4, 0.5) is 5.69 Å². The van der Waals surface area contributed by atoms with Gasteiger partial charge in [0.25, 0.3) is 0 Å². The van der Waals surface area contributed by atoms with Crippen molar-refractivity contribution in [2.75, 3.05) is 11.9 Å². The SMILES string of the molecule is CC(C)Oc1ncccc1NC1CCCCC1CN. The van der Waals surface area contributed by atoms with Crippen LogP contribution in [0.15, 0.2) is 18.3 Å². The van der Waals surface area contributed by atoms with Crippen molar-refractivity contribution >= 4 is 5.69 Å². The molecular weight excluding hydrogens is 238 g/mol. The second-order valence-corrected chi connectivity index (χ2v) is 5.55. The lowest BCUT2D eigenvalue weighted by molar-refractivity contribution is 0.233. The topological polar surface area (TPSA) is 60.2 Å². The molecule has 1 fully saturated rings. The zero-order chi connectivity index (χ0) is 13.7. The number of aromatic nitrogens is 1. The molecule has 1 aromatic heterocycles. The van der Waals surface area contributed by atoms with E-state index in [-0.39, 0.29) is 6.10 Å². The number of hydrogen-bond donors (Lipinski definition) is 2.